The fourth-order valence-electron chi connectivity index (χ4n) is 3.06. The van der Waals surface area contributed by atoms with Crippen LogP contribution in [0.25, 0.3) is 0 Å². The zero-order valence-electron chi connectivity index (χ0n) is 14.2. The van der Waals surface area contributed by atoms with Gasteiger partial charge in [-0.2, -0.15) is 4.98 Å². The third kappa shape index (κ3) is 3.88. The van der Waals surface area contributed by atoms with Crippen LogP contribution in [-0.4, -0.2) is 40.1 Å². The molecule has 1 saturated heterocycles. The van der Waals surface area contributed by atoms with E-state index < -0.39 is 5.82 Å². The van der Waals surface area contributed by atoms with Crippen molar-refractivity contribution in [2.24, 2.45) is 0 Å². The van der Waals surface area contributed by atoms with E-state index >= 15 is 0 Å². The van der Waals surface area contributed by atoms with Gasteiger partial charge in [0.1, 0.15) is 12.4 Å². The highest BCUT2D eigenvalue weighted by Crippen LogP contribution is 2.38. The molecular weight excluding hydrogens is 361 g/mol. The first-order valence-electron chi connectivity index (χ1n) is 8.78. The van der Waals surface area contributed by atoms with Gasteiger partial charge >= 0.3 is 0 Å². The molecule has 0 spiro atoms. The molecule has 2 aromatic rings. The van der Waals surface area contributed by atoms with Crippen molar-refractivity contribution >= 4 is 17.5 Å². The van der Waals surface area contributed by atoms with Crippen LogP contribution in [0.1, 0.15) is 53.7 Å². The van der Waals surface area contributed by atoms with Crippen LogP contribution < -0.4 is 0 Å². The van der Waals surface area contributed by atoms with Gasteiger partial charge in [-0.3, -0.25) is 4.79 Å². The van der Waals surface area contributed by atoms with Crippen molar-refractivity contribution in [3.05, 3.63) is 46.3 Å². The maximum atomic E-state index is 13.2. The lowest BCUT2D eigenvalue weighted by atomic mass is 10.1. The summed E-state index contributed by atoms with van der Waals surface area (Å²) in [6, 6.07) is 4.04. The Labute approximate surface area is 155 Å². The number of nitrogens with zero attached hydrogens (tertiary/aromatic N) is 3. The first-order chi connectivity index (χ1) is 12.6. The van der Waals surface area contributed by atoms with E-state index in [2.05, 4.69) is 10.1 Å². The van der Waals surface area contributed by atoms with Crippen molar-refractivity contribution in [2.45, 2.75) is 44.3 Å². The van der Waals surface area contributed by atoms with Crippen LogP contribution >= 0.6 is 11.6 Å². The molecule has 0 atom stereocenters. The molecule has 2 aliphatic rings. The number of amides is 1. The zero-order valence-corrected chi connectivity index (χ0v) is 14.9. The number of aromatic nitrogens is 2. The molecule has 0 N–H and O–H groups in total. The van der Waals surface area contributed by atoms with E-state index in [0.29, 0.717) is 37.1 Å². The molecule has 26 heavy (non-hydrogen) atoms. The van der Waals surface area contributed by atoms with E-state index in [9.17, 15) is 9.18 Å². The molecule has 4 rings (SSSR count). The topological polar surface area (TPSA) is 68.5 Å². The molecule has 0 bridgehead atoms. The molecule has 0 unspecified atom stereocenters. The predicted molar refractivity (Wildman–Crippen MR) is 91.4 cm³/mol. The fraction of sp³-hybridized carbons (Fsp3) is 0.500. The molecule has 2 fully saturated rings. The summed E-state index contributed by atoms with van der Waals surface area (Å²) in [5, 5.41) is 3.93. The van der Waals surface area contributed by atoms with E-state index in [0.717, 1.165) is 31.5 Å². The second kappa shape index (κ2) is 7.32. The second-order valence-electron chi connectivity index (χ2n) is 6.75. The molecular formula is C18H19ClFN3O3. The summed E-state index contributed by atoms with van der Waals surface area (Å²) < 4.78 is 24.3. The standard InChI is InChI=1S/C18H19ClFN3O3/c19-14-9-12(3-4-15(14)20)18(24)23-7-5-13(6-8-23)25-10-16-21-17(22-26-16)11-1-2-11/h3-4,9,11,13H,1-2,5-8,10H2. The van der Waals surface area contributed by atoms with E-state index in [1.807, 2.05) is 0 Å². The third-order valence-corrected chi connectivity index (χ3v) is 5.05. The molecule has 1 amide bonds. The summed E-state index contributed by atoms with van der Waals surface area (Å²) >= 11 is 5.76. The van der Waals surface area contributed by atoms with E-state index in [-0.39, 0.29) is 17.0 Å². The van der Waals surface area contributed by atoms with Gasteiger partial charge in [0.15, 0.2) is 5.82 Å². The van der Waals surface area contributed by atoms with Gasteiger partial charge in [-0.25, -0.2) is 4.39 Å². The molecule has 1 aromatic carbocycles. The van der Waals surface area contributed by atoms with Crippen molar-refractivity contribution in [1.82, 2.24) is 15.0 Å². The Bertz CT molecular complexity index is 801. The third-order valence-electron chi connectivity index (χ3n) is 4.76. The number of piperidine rings is 1. The Morgan fingerprint density at radius 1 is 1.31 bits per heavy atom. The average Bonchev–Trinajstić information content (AvgIpc) is 3.40. The summed E-state index contributed by atoms with van der Waals surface area (Å²) in [5.41, 5.74) is 0.397. The molecule has 2 heterocycles. The average molecular weight is 380 g/mol. The van der Waals surface area contributed by atoms with Gasteiger partial charge < -0.3 is 14.2 Å². The van der Waals surface area contributed by atoms with Gasteiger partial charge in [0.25, 0.3) is 11.8 Å². The number of carbonyl (C=O) groups excluding carboxylic acids is 1. The Balaban J connectivity index is 1.26. The number of hydrogen-bond donors (Lipinski definition) is 0. The SMILES string of the molecule is O=C(c1ccc(F)c(Cl)c1)N1CCC(OCc2nc(C3CC3)no2)CC1. The van der Waals surface area contributed by atoms with Gasteiger partial charge in [-0.1, -0.05) is 16.8 Å². The lowest BCUT2D eigenvalue weighted by Crippen LogP contribution is -2.40. The lowest BCUT2D eigenvalue weighted by Gasteiger charge is -2.31. The van der Waals surface area contributed by atoms with Crippen molar-refractivity contribution < 1.29 is 18.4 Å². The first kappa shape index (κ1) is 17.4. The molecule has 0 radical (unpaired) electrons. The number of hydrogen-bond acceptors (Lipinski definition) is 5. The minimum atomic E-state index is -0.527. The normalized spacial score (nSPS) is 18.3. The highest BCUT2D eigenvalue weighted by Gasteiger charge is 2.29. The fourth-order valence-corrected chi connectivity index (χ4v) is 3.24. The van der Waals surface area contributed by atoms with E-state index in [4.69, 9.17) is 20.9 Å². The van der Waals surface area contributed by atoms with Crippen molar-refractivity contribution in [3.63, 3.8) is 0 Å². The summed E-state index contributed by atoms with van der Waals surface area (Å²) in [6.07, 6.45) is 3.76. The number of benzene rings is 1. The monoisotopic (exact) mass is 379 g/mol. The zero-order chi connectivity index (χ0) is 18.1. The lowest BCUT2D eigenvalue weighted by molar-refractivity contribution is -0.00978. The molecule has 8 heteroatoms. The maximum Gasteiger partial charge on any atom is 0.253 e. The first-order valence-corrected chi connectivity index (χ1v) is 9.16. The quantitative estimate of drug-likeness (QED) is 0.794. The largest absolute Gasteiger partial charge is 0.368 e. The molecule has 138 valence electrons. The minimum absolute atomic E-state index is 0.0424. The van der Waals surface area contributed by atoms with Crippen LogP contribution in [0.5, 0.6) is 0 Å². The number of ether oxygens (including phenoxy) is 1. The Hall–Kier alpha value is -1.99. The van der Waals surface area contributed by atoms with Crippen molar-refractivity contribution in [3.8, 4) is 0 Å². The van der Waals surface area contributed by atoms with Gasteiger partial charge in [-0.15, -0.1) is 0 Å². The highest BCUT2D eigenvalue weighted by atomic mass is 35.5. The Morgan fingerprint density at radius 2 is 2.08 bits per heavy atom. The molecule has 1 aromatic heterocycles. The molecule has 1 aliphatic heterocycles. The highest BCUT2D eigenvalue weighted by molar-refractivity contribution is 6.31. The van der Waals surface area contributed by atoms with Crippen LogP contribution in [0.15, 0.2) is 22.7 Å². The van der Waals surface area contributed by atoms with Gasteiger partial charge in [0, 0.05) is 24.6 Å². The van der Waals surface area contributed by atoms with E-state index in [1.54, 1.807) is 4.90 Å². The van der Waals surface area contributed by atoms with Crippen LogP contribution in [0.4, 0.5) is 4.39 Å². The van der Waals surface area contributed by atoms with Crippen LogP contribution in [0.2, 0.25) is 5.02 Å². The number of likely N-dealkylation sites (tertiary alicyclic amines) is 1. The van der Waals surface area contributed by atoms with Crippen molar-refractivity contribution in [2.75, 3.05) is 13.1 Å². The number of rotatable bonds is 5. The summed E-state index contributed by atoms with van der Waals surface area (Å²) in [6.45, 7) is 1.46. The molecule has 1 aliphatic carbocycles. The van der Waals surface area contributed by atoms with Gasteiger partial charge in [0.05, 0.1) is 11.1 Å². The number of halogens is 2. The second-order valence-corrected chi connectivity index (χ2v) is 7.16. The van der Waals surface area contributed by atoms with Crippen LogP contribution in [0, 0.1) is 5.82 Å². The summed E-state index contributed by atoms with van der Waals surface area (Å²) in [4.78, 5) is 18.6. The Kier molecular flexibility index (Phi) is 4.91. The molecule has 6 nitrogen and oxygen atoms in total. The Morgan fingerprint density at radius 3 is 2.77 bits per heavy atom. The van der Waals surface area contributed by atoms with Crippen LogP contribution in [-0.2, 0) is 11.3 Å². The molecule has 1 saturated carbocycles. The predicted octanol–water partition coefficient (Wildman–Crippen LogP) is 3.56. The smallest absolute Gasteiger partial charge is 0.253 e. The summed E-state index contributed by atoms with van der Waals surface area (Å²) in [7, 11) is 0. The van der Waals surface area contributed by atoms with Gasteiger partial charge in [0.2, 0.25) is 0 Å². The van der Waals surface area contributed by atoms with Crippen LogP contribution in [0.3, 0.4) is 0 Å². The van der Waals surface area contributed by atoms with Crippen molar-refractivity contribution in [1.29, 1.82) is 0 Å². The number of carbonyl (C=O) groups is 1. The summed E-state index contributed by atoms with van der Waals surface area (Å²) in [5.74, 6) is 1.08. The minimum Gasteiger partial charge on any atom is -0.368 e. The maximum absolute atomic E-state index is 13.2. The van der Waals surface area contributed by atoms with Gasteiger partial charge in [-0.05, 0) is 43.9 Å². The van der Waals surface area contributed by atoms with E-state index in [1.165, 1.54) is 18.2 Å².